The molecular weight excluding hydrogens is 286 g/mol. The van der Waals surface area contributed by atoms with Gasteiger partial charge in [0.2, 0.25) is 0 Å². The van der Waals surface area contributed by atoms with E-state index in [2.05, 4.69) is 0 Å². The molecule has 7 heteroatoms. The average Bonchev–Trinajstić information content (AvgIpc) is 2.34. The highest BCUT2D eigenvalue weighted by Crippen LogP contribution is 2.47. The van der Waals surface area contributed by atoms with Gasteiger partial charge in [0, 0.05) is 0 Å². The summed E-state index contributed by atoms with van der Waals surface area (Å²) >= 11 is 0. The van der Waals surface area contributed by atoms with Crippen LogP contribution >= 0.6 is 7.60 Å². The van der Waals surface area contributed by atoms with Gasteiger partial charge in [-0.1, -0.05) is 0 Å². The molecule has 1 aromatic carbocycles. The van der Waals surface area contributed by atoms with Crippen LogP contribution in [0.15, 0.2) is 18.2 Å². The molecule has 0 aromatic heterocycles. The third kappa shape index (κ3) is 5.04. The molecule has 0 spiro atoms. The maximum Gasteiger partial charge on any atom is 0.341 e. The van der Waals surface area contributed by atoms with Crippen LogP contribution in [0.3, 0.4) is 0 Å². The van der Waals surface area contributed by atoms with Crippen LogP contribution in [0.4, 0.5) is 4.39 Å². The number of carbonyl (C=O) groups is 1. The van der Waals surface area contributed by atoms with Gasteiger partial charge in [-0.15, -0.1) is 0 Å². The average molecular weight is 304 g/mol. The summed E-state index contributed by atoms with van der Waals surface area (Å²) in [6.07, 6.45) is -0.481. The van der Waals surface area contributed by atoms with E-state index < -0.39 is 19.7 Å². The van der Waals surface area contributed by atoms with E-state index in [1.165, 1.54) is 18.2 Å². The fraction of sp³-hybridized carbons (Fsp3) is 0.462. The normalized spacial score (nSPS) is 11.4. The largest absolute Gasteiger partial charge is 0.426 e. The summed E-state index contributed by atoms with van der Waals surface area (Å²) in [6, 6.07) is 3.91. The summed E-state index contributed by atoms with van der Waals surface area (Å²) in [5.74, 6) is -0.950. The first-order valence-corrected chi connectivity index (χ1v) is 7.98. The molecular formula is C13H18FO5P. The molecule has 0 atom stereocenters. The molecule has 0 aliphatic carbocycles. The van der Waals surface area contributed by atoms with Crippen LogP contribution in [0, 0.1) is 12.7 Å². The monoisotopic (exact) mass is 304 g/mol. The number of hydrogen-bond acceptors (Lipinski definition) is 5. The number of carbonyl (C=O) groups excluding carboxylic acids is 1. The summed E-state index contributed by atoms with van der Waals surface area (Å²) in [5.41, 5.74) is 0.355. The van der Waals surface area contributed by atoms with E-state index in [9.17, 15) is 13.8 Å². The quantitative estimate of drug-likeness (QED) is 0.439. The molecule has 112 valence electrons. The van der Waals surface area contributed by atoms with Gasteiger partial charge >= 0.3 is 13.6 Å². The van der Waals surface area contributed by atoms with Crippen LogP contribution in [0.5, 0.6) is 5.75 Å². The molecule has 0 saturated carbocycles. The third-order valence-corrected chi connectivity index (χ3v) is 4.28. The van der Waals surface area contributed by atoms with E-state index in [0.717, 1.165) is 0 Å². The van der Waals surface area contributed by atoms with Gasteiger partial charge in [0.25, 0.3) is 0 Å². The zero-order valence-corrected chi connectivity index (χ0v) is 12.6. The number of rotatable bonds is 7. The Balaban J connectivity index is 2.70. The minimum absolute atomic E-state index is 0.167. The zero-order chi connectivity index (χ0) is 15.2. The number of ether oxygens (including phenoxy) is 1. The van der Waals surface area contributed by atoms with Crippen LogP contribution in [0.1, 0.15) is 19.4 Å². The fourth-order valence-electron chi connectivity index (χ4n) is 1.52. The van der Waals surface area contributed by atoms with Crippen molar-refractivity contribution in [3.63, 3.8) is 0 Å². The lowest BCUT2D eigenvalue weighted by atomic mass is 10.2. The predicted molar refractivity (Wildman–Crippen MR) is 72.5 cm³/mol. The predicted octanol–water partition coefficient (Wildman–Crippen LogP) is 3.31. The molecule has 0 saturated heterocycles. The van der Waals surface area contributed by atoms with Crippen LogP contribution in [-0.4, -0.2) is 25.3 Å². The Morgan fingerprint density at radius 3 is 2.35 bits per heavy atom. The first kappa shape index (κ1) is 16.8. The minimum Gasteiger partial charge on any atom is -0.426 e. The molecule has 0 N–H and O–H groups in total. The number of esters is 1. The molecule has 0 heterocycles. The lowest BCUT2D eigenvalue weighted by Crippen LogP contribution is -2.16. The number of aryl methyl sites for hydroxylation is 1. The van der Waals surface area contributed by atoms with Crippen molar-refractivity contribution < 1.29 is 27.5 Å². The van der Waals surface area contributed by atoms with Gasteiger partial charge in [0.15, 0.2) is 0 Å². The van der Waals surface area contributed by atoms with E-state index >= 15 is 0 Å². The zero-order valence-electron chi connectivity index (χ0n) is 11.7. The van der Waals surface area contributed by atoms with Crippen molar-refractivity contribution in [3.05, 3.63) is 29.6 Å². The van der Waals surface area contributed by atoms with Gasteiger partial charge in [-0.25, -0.2) is 4.39 Å². The standard InChI is InChI=1S/C13H18FO5P/c1-4-17-20(16,18-5-2)9-13(15)19-11-6-7-12(14)10(3)8-11/h6-8H,4-5,9H2,1-3H3. The number of benzene rings is 1. The Labute approximate surface area is 117 Å². The second-order valence-electron chi connectivity index (χ2n) is 3.99. The second-order valence-corrected chi connectivity index (χ2v) is 6.04. The van der Waals surface area contributed by atoms with Gasteiger partial charge in [-0.2, -0.15) is 0 Å². The molecule has 0 aliphatic heterocycles. The molecule has 20 heavy (non-hydrogen) atoms. The molecule has 0 unspecified atom stereocenters. The van der Waals surface area contributed by atoms with Crippen molar-refractivity contribution in [3.8, 4) is 5.75 Å². The van der Waals surface area contributed by atoms with E-state index in [-0.39, 0.29) is 24.8 Å². The molecule has 0 fully saturated rings. The Kier molecular flexibility index (Phi) is 6.33. The number of halogens is 1. The first-order valence-electron chi connectivity index (χ1n) is 6.25. The summed E-state index contributed by atoms with van der Waals surface area (Å²) in [4.78, 5) is 11.7. The molecule has 0 amide bonds. The van der Waals surface area contributed by atoms with Crippen LogP contribution < -0.4 is 4.74 Å². The molecule has 0 bridgehead atoms. The Bertz CT molecular complexity index is 507. The van der Waals surface area contributed by atoms with Crippen LogP contribution in [0.2, 0.25) is 0 Å². The minimum atomic E-state index is -3.48. The van der Waals surface area contributed by atoms with Crippen molar-refractivity contribution in [2.45, 2.75) is 20.8 Å². The Morgan fingerprint density at radius 1 is 1.25 bits per heavy atom. The van der Waals surface area contributed by atoms with E-state index in [1.54, 1.807) is 20.8 Å². The fourth-order valence-corrected chi connectivity index (χ4v) is 2.95. The smallest absolute Gasteiger partial charge is 0.341 e. The lowest BCUT2D eigenvalue weighted by Gasteiger charge is -2.16. The summed E-state index contributed by atoms with van der Waals surface area (Å²) in [6.45, 7) is 5.19. The van der Waals surface area contributed by atoms with E-state index in [1.807, 2.05) is 0 Å². The second kappa shape index (κ2) is 7.53. The van der Waals surface area contributed by atoms with Crippen molar-refractivity contribution in [1.82, 2.24) is 0 Å². The maximum absolute atomic E-state index is 13.1. The summed E-state index contributed by atoms with van der Waals surface area (Å²) in [5, 5.41) is 0. The highest BCUT2D eigenvalue weighted by Gasteiger charge is 2.28. The van der Waals surface area contributed by atoms with Crippen molar-refractivity contribution in [2.24, 2.45) is 0 Å². The highest BCUT2D eigenvalue weighted by atomic mass is 31.2. The SMILES string of the molecule is CCOP(=O)(CC(=O)Oc1ccc(F)c(C)c1)OCC. The van der Waals surface area contributed by atoms with Crippen molar-refractivity contribution >= 4 is 13.6 Å². The Hall–Kier alpha value is -1.23. The first-order chi connectivity index (χ1) is 9.40. The summed E-state index contributed by atoms with van der Waals surface area (Å²) < 4.78 is 40.2. The molecule has 1 aromatic rings. The van der Waals surface area contributed by atoms with Crippen LogP contribution in [-0.2, 0) is 18.4 Å². The molecule has 5 nitrogen and oxygen atoms in total. The van der Waals surface area contributed by atoms with Crippen molar-refractivity contribution in [2.75, 3.05) is 19.4 Å². The van der Waals surface area contributed by atoms with Gasteiger partial charge in [-0.3, -0.25) is 9.36 Å². The van der Waals surface area contributed by atoms with Gasteiger partial charge in [-0.05, 0) is 44.5 Å². The molecule has 0 radical (unpaired) electrons. The summed E-state index contributed by atoms with van der Waals surface area (Å²) in [7, 11) is -3.48. The van der Waals surface area contributed by atoms with Crippen LogP contribution in [0.25, 0.3) is 0 Å². The van der Waals surface area contributed by atoms with E-state index in [4.69, 9.17) is 13.8 Å². The molecule has 0 aliphatic rings. The topological polar surface area (TPSA) is 61.8 Å². The van der Waals surface area contributed by atoms with Gasteiger partial charge < -0.3 is 13.8 Å². The Morgan fingerprint density at radius 2 is 1.85 bits per heavy atom. The third-order valence-electron chi connectivity index (χ3n) is 2.34. The highest BCUT2D eigenvalue weighted by molar-refractivity contribution is 7.54. The maximum atomic E-state index is 13.1. The van der Waals surface area contributed by atoms with Gasteiger partial charge in [0.1, 0.15) is 17.7 Å². The molecule has 1 rings (SSSR count). The van der Waals surface area contributed by atoms with E-state index in [0.29, 0.717) is 5.56 Å². The van der Waals surface area contributed by atoms with Gasteiger partial charge in [0.05, 0.1) is 13.2 Å². The number of hydrogen-bond donors (Lipinski definition) is 0. The van der Waals surface area contributed by atoms with Crippen molar-refractivity contribution in [1.29, 1.82) is 0 Å². The lowest BCUT2D eigenvalue weighted by molar-refractivity contribution is -0.131.